The molecular formula is C14H19NO2. The Labute approximate surface area is 101 Å². The van der Waals surface area contributed by atoms with Crippen molar-refractivity contribution in [1.82, 2.24) is 5.32 Å². The quantitative estimate of drug-likeness (QED) is 0.684. The fraction of sp³-hybridized carbons (Fsp3) is 0.571. The van der Waals surface area contributed by atoms with Gasteiger partial charge in [-0.25, -0.2) is 0 Å². The van der Waals surface area contributed by atoms with Crippen LogP contribution in [-0.2, 0) is 6.54 Å². The lowest BCUT2D eigenvalue weighted by Crippen LogP contribution is -2.24. The van der Waals surface area contributed by atoms with Gasteiger partial charge in [-0.3, -0.25) is 0 Å². The molecule has 0 aliphatic heterocycles. The predicted molar refractivity (Wildman–Crippen MR) is 65.9 cm³/mol. The number of phenols is 2. The van der Waals surface area contributed by atoms with E-state index in [9.17, 15) is 10.2 Å². The Bertz CT molecular complexity index is 422. The molecule has 2 saturated carbocycles. The number of aromatic hydroxyl groups is 2. The molecule has 0 saturated heterocycles. The van der Waals surface area contributed by atoms with Crippen LogP contribution >= 0.6 is 0 Å². The molecule has 0 heterocycles. The summed E-state index contributed by atoms with van der Waals surface area (Å²) in [5, 5.41) is 22.1. The van der Waals surface area contributed by atoms with E-state index in [0.717, 1.165) is 24.6 Å². The first-order valence-electron chi connectivity index (χ1n) is 6.41. The first-order valence-corrected chi connectivity index (χ1v) is 6.41. The van der Waals surface area contributed by atoms with Crippen LogP contribution in [0.5, 0.6) is 11.5 Å². The van der Waals surface area contributed by atoms with E-state index in [1.807, 2.05) is 6.07 Å². The van der Waals surface area contributed by atoms with Crippen molar-refractivity contribution in [1.29, 1.82) is 0 Å². The summed E-state index contributed by atoms with van der Waals surface area (Å²) in [5.74, 6) is 0.890. The zero-order chi connectivity index (χ0) is 11.9. The van der Waals surface area contributed by atoms with Gasteiger partial charge in [0.1, 0.15) is 0 Å². The van der Waals surface area contributed by atoms with E-state index in [4.69, 9.17) is 0 Å². The van der Waals surface area contributed by atoms with Gasteiger partial charge in [-0.2, -0.15) is 0 Å². The summed E-state index contributed by atoms with van der Waals surface area (Å²) in [5.41, 5.74) is 1.63. The van der Waals surface area contributed by atoms with Gasteiger partial charge in [0.05, 0.1) is 0 Å². The minimum Gasteiger partial charge on any atom is -0.504 e. The first-order chi connectivity index (χ1) is 8.20. The number of hydrogen-bond acceptors (Lipinski definition) is 3. The lowest BCUT2D eigenvalue weighted by molar-refractivity contribution is 0.397. The maximum absolute atomic E-state index is 9.39. The summed E-state index contributed by atoms with van der Waals surface area (Å²) < 4.78 is 0. The number of rotatable bonds is 5. The molecule has 92 valence electrons. The fourth-order valence-corrected chi connectivity index (χ4v) is 2.72. The summed E-state index contributed by atoms with van der Waals surface area (Å²) in [7, 11) is 0. The lowest BCUT2D eigenvalue weighted by atomic mass is 10.0. The molecule has 3 N–H and O–H groups in total. The van der Waals surface area contributed by atoms with Crippen molar-refractivity contribution in [3.05, 3.63) is 23.8 Å². The van der Waals surface area contributed by atoms with E-state index in [0.29, 0.717) is 5.41 Å². The molecule has 0 amide bonds. The van der Waals surface area contributed by atoms with Crippen molar-refractivity contribution in [3.8, 4) is 11.5 Å². The Morgan fingerprint density at radius 2 is 1.94 bits per heavy atom. The van der Waals surface area contributed by atoms with Crippen molar-refractivity contribution in [2.75, 3.05) is 6.54 Å². The minimum atomic E-state index is -0.0506. The minimum absolute atomic E-state index is 0.0346. The molecule has 3 rings (SSSR count). The Kier molecular flexibility index (Phi) is 2.51. The van der Waals surface area contributed by atoms with Gasteiger partial charge in [0.15, 0.2) is 11.5 Å². The van der Waals surface area contributed by atoms with Crippen LogP contribution in [0.3, 0.4) is 0 Å². The number of benzene rings is 1. The molecule has 1 aromatic rings. The third-order valence-corrected chi connectivity index (χ3v) is 4.18. The smallest absolute Gasteiger partial charge is 0.157 e. The van der Waals surface area contributed by atoms with Crippen molar-refractivity contribution in [2.45, 2.75) is 32.2 Å². The standard InChI is InChI=1S/C14H19NO2/c16-12-4-1-10(7-13(12)17)8-15-9-14(5-6-14)11-2-3-11/h1,4,7,11,15-17H,2-3,5-6,8-9H2. The van der Waals surface area contributed by atoms with Crippen LogP contribution in [0.2, 0.25) is 0 Å². The molecule has 2 aliphatic carbocycles. The number of nitrogens with one attached hydrogen (secondary N) is 1. The predicted octanol–water partition coefficient (Wildman–Crippen LogP) is 2.38. The maximum Gasteiger partial charge on any atom is 0.157 e. The van der Waals surface area contributed by atoms with Gasteiger partial charge < -0.3 is 15.5 Å². The summed E-state index contributed by atoms with van der Waals surface area (Å²) in [6.07, 6.45) is 5.60. The van der Waals surface area contributed by atoms with Gasteiger partial charge in [-0.05, 0) is 54.7 Å². The SMILES string of the molecule is Oc1ccc(CNCC2(C3CC3)CC2)cc1O. The Hall–Kier alpha value is -1.22. The van der Waals surface area contributed by atoms with Crippen molar-refractivity contribution in [2.24, 2.45) is 11.3 Å². The molecule has 17 heavy (non-hydrogen) atoms. The Morgan fingerprint density at radius 1 is 1.18 bits per heavy atom. The van der Waals surface area contributed by atoms with Crippen molar-refractivity contribution >= 4 is 0 Å². The van der Waals surface area contributed by atoms with Gasteiger partial charge in [-0.15, -0.1) is 0 Å². The van der Waals surface area contributed by atoms with Crippen LogP contribution in [0.4, 0.5) is 0 Å². The highest BCUT2D eigenvalue weighted by Gasteiger charge is 2.53. The van der Waals surface area contributed by atoms with Crippen LogP contribution < -0.4 is 5.32 Å². The molecule has 0 bridgehead atoms. The van der Waals surface area contributed by atoms with Gasteiger partial charge in [0, 0.05) is 13.1 Å². The van der Waals surface area contributed by atoms with Crippen LogP contribution in [0, 0.1) is 11.3 Å². The normalized spacial score (nSPS) is 21.4. The van der Waals surface area contributed by atoms with Crippen LogP contribution in [0.25, 0.3) is 0 Å². The summed E-state index contributed by atoms with van der Waals surface area (Å²) in [6, 6.07) is 5.01. The second-order valence-corrected chi connectivity index (χ2v) is 5.56. The van der Waals surface area contributed by atoms with Gasteiger partial charge in [0.2, 0.25) is 0 Å². The molecule has 0 unspecified atom stereocenters. The molecule has 3 heteroatoms. The van der Waals surface area contributed by atoms with E-state index in [1.54, 1.807) is 12.1 Å². The molecule has 0 radical (unpaired) electrons. The fourth-order valence-electron chi connectivity index (χ4n) is 2.72. The summed E-state index contributed by atoms with van der Waals surface area (Å²) >= 11 is 0. The third kappa shape index (κ3) is 2.25. The van der Waals surface area contributed by atoms with Crippen LogP contribution in [0.15, 0.2) is 18.2 Å². The zero-order valence-corrected chi connectivity index (χ0v) is 9.95. The Morgan fingerprint density at radius 3 is 2.53 bits per heavy atom. The molecule has 2 aliphatic rings. The van der Waals surface area contributed by atoms with E-state index in [-0.39, 0.29) is 11.5 Å². The number of phenolic OH excluding ortho intramolecular Hbond substituents is 2. The van der Waals surface area contributed by atoms with Gasteiger partial charge in [-0.1, -0.05) is 6.07 Å². The molecule has 1 aromatic carbocycles. The average Bonchev–Trinajstić information content (AvgIpc) is 3.14. The topological polar surface area (TPSA) is 52.5 Å². The molecule has 0 atom stereocenters. The summed E-state index contributed by atoms with van der Waals surface area (Å²) in [6.45, 7) is 1.86. The molecular weight excluding hydrogens is 214 g/mol. The van der Waals surface area contributed by atoms with Crippen molar-refractivity contribution in [3.63, 3.8) is 0 Å². The highest BCUT2D eigenvalue weighted by molar-refractivity contribution is 5.40. The second kappa shape index (κ2) is 3.91. The van der Waals surface area contributed by atoms with Crippen molar-refractivity contribution < 1.29 is 10.2 Å². The van der Waals surface area contributed by atoms with Gasteiger partial charge in [0.25, 0.3) is 0 Å². The monoisotopic (exact) mass is 233 g/mol. The largest absolute Gasteiger partial charge is 0.504 e. The third-order valence-electron chi connectivity index (χ3n) is 4.18. The Balaban J connectivity index is 1.52. The highest BCUT2D eigenvalue weighted by atomic mass is 16.3. The van der Waals surface area contributed by atoms with E-state index in [2.05, 4.69) is 5.32 Å². The lowest BCUT2D eigenvalue weighted by Gasteiger charge is -2.15. The number of hydrogen-bond donors (Lipinski definition) is 3. The molecule has 0 spiro atoms. The molecule has 3 nitrogen and oxygen atoms in total. The average molecular weight is 233 g/mol. The molecule has 0 aromatic heterocycles. The highest BCUT2D eigenvalue weighted by Crippen LogP contribution is 2.60. The van der Waals surface area contributed by atoms with Gasteiger partial charge >= 0.3 is 0 Å². The first kappa shape index (κ1) is 10.9. The summed E-state index contributed by atoms with van der Waals surface area (Å²) in [4.78, 5) is 0. The van der Waals surface area contributed by atoms with Crippen LogP contribution in [-0.4, -0.2) is 16.8 Å². The maximum atomic E-state index is 9.39. The zero-order valence-electron chi connectivity index (χ0n) is 9.95. The van der Waals surface area contributed by atoms with Crippen LogP contribution in [0.1, 0.15) is 31.2 Å². The molecule has 2 fully saturated rings. The van der Waals surface area contributed by atoms with E-state index in [1.165, 1.54) is 25.7 Å². The second-order valence-electron chi connectivity index (χ2n) is 5.56. The van der Waals surface area contributed by atoms with E-state index < -0.39 is 0 Å². The van der Waals surface area contributed by atoms with E-state index >= 15 is 0 Å².